The monoisotopic (exact) mass is 605 g/mol. The van der Waals surface area contributed by atoms with Gasteiger partial charge in [-0.15, -0.1) is 0 Å². The summed E-state index contributed by atoms with van der Waals surface area (Å²) in [6.45, 7) is 0. The number of rotatable bonds is 7. The Labute approximate surface area is 234 Å². The van der Waals surface area contributed by atoms with Crippen molar-refractivity contribution in [2.75, 3.05) is 7.11 Å². The van der Waals surface area contributed by atoms with E-state index < -0.39 is 4.92 Å². The first-order chi connectivity index (χ1) is 18.9. The largest absolute Gasteiger partial charge is 0.493 e. The third kappa shape index (κ3) is 5.22. The van der Waals surface area contributed by atoms with E-state index in [0.29, 0.717) is 32.3 Å². The van der Waals surface area contributed by atoms with Crippen molar-refractivity contribution in [3.8, 4) is 28.8 Å². The predicted molar refractivity (Wildman–Crippen MR) is 151 cm³/mol. The van der Waals surface area contributed by atoms with E-state index in [4.69, 9.17) is 21.1 Å². The summed E-state index contributed by atoms with van der Waals surface area (Å²) in [5, 5.41) is 15.9. The number of fused-ring (bicyclic) bond motifs is 1. The molecule has 5 aromatic rings. The highest BCUT2D eigenvalue weighted by Gasteiger charge is 2.19. The van der Waals surface area contributed by atoms with Crippen LogP contribution < -0.4 is 15.0 Å². The first-order valence-corrected chi connectivity index (χ1v) is 12.5. The normalized spacial score (nSPS) is 11.2. The van der Waals surface area contributed by atoms with Crippen LogP contribution in [0.3, 0.4) is 0 Å². The van der Waals surface area contributed by atoms with E-state index in [0.717, 1.165) is 6.20 Å². The minimum atomic E-state index is -0.561. The summed E-state index contributed by atoms with van der Waals surface area (Å²) < 4.78 is 12.9. The molecule has 0 bridgehead atoms. The van der Waals surface area contributed by atoms with Crippen LogP contribution in [0, 0.1) is 10.1 Å². The Morgan fingerprint density at radius 1 is 1.10 bits per heavy atom. The second-order valence-electron chi connectivity index (χ2n) is 8.02. The molecule has 0 radical (unpaired) electrons. The zero-order chi connectivity index (χ0) is 27.5. The van der Waals surface area contributed by atoms with Crippen LogP contribution in [-0.2, 0) is 0 Å². The van der Waals surface area contributed by atoms with Crippen molar-refractivity contribution in [3.63, 3.8) is 0 Å². The van der Waals surface area contributed by atoms with Gasteiger partial charge in [0.15, 0.2) is 17.3 Å². The molecule has 0 spiro atoms. The van der Waals surface area contributed by atoms with E-state index in [-0.39, 0.29) is 33.6 Å². The van der Waals surface area contributed by atoms with Crippen molar-refractivity contribution in [3.05, 3.63) is 115 Å². The van der Waals surface area contributed by atoms with Crippen LogP contribution in [-0.4, -0.2) is 32.9 Å². The number of hydrogen-bond donors (Lipinski definition) is 0. The molecule has 10 nitrogen and oxygen atoms in total. The van der Waals surface area contributed by atoms with E-state index in [1.165, 1.54) is 30.1 Å². The molecular weight excluding hydrogens is 590 g/mol. The molecule has 194 valence electrons. The standard InChI is InChI=1S/C27H17BrClN5O5/c1-38-21-13-17(23(28)24(29)25(21)39-22-12-11-18(15-30-22)34(36)37)14-31-33-26(16-7-3-2-4-8-16)32-20-10-6-5-9-19(20)27(33)35/h2-15H,1H3. The molecule has 0 aliphatic carbocycles. The number of hydrogen-bond acceptors (Lipinski definition) is 8. The fraction of sp³-hybridized carbons (Fsp3) is 0.0370. The molecule has 3 aromatic carbocycles. The van der Waals surface area contributed by atoms with Gasteiger partial charge in [-0.1, -0.05) is 54.1 Å². The van der Waals surface area contributed by atoms with Crippen LogP contribution in [0.25, 0.3) is 22.3 Å². The minimum absolute atomic E-state index is 0.0791. The Morgan fingerprint density at radius 2 is 1.85 bits per heavy atom. The van der Waals surface area contributed by atoms with Gasteiger partial charge in [-0.2, -0.15) is 9.78 Å². The maximum Gasteiger partial charge on any atom is 0.287 e. The van der Waals surface area contributed by atoms with Gasteiger partial charge in [-0.05, 0) is 34.1 Å². The fourth-order valence-electron chi connectivity index (χ4n) is 3.72. The van der Waals surface area contributed by atoms with Gasteiger partial charge < -0.3 is 9.47 Å². The van der Waals surface area contributed by atoms with Crippen molar-refractivity contribution >= 4 is 50.3 Å². The molecule has 0 amide bonds. The lowest BCUT2D eigenvalue weighted by Gasteiger charge is -2.14. The summed E-state index contributed by atoms with van der Waals surface area (Å²) in [6, 6.07) is 20.5. The molecule has 12 heteroatoms. The summed E-state index contributed by atoms with van der Waals surface area (Å²) in [4.78, 5) is 32.4. The molecule has 39 heavy (non-hydrogen) atoms. The summed E-state index contributed by atoms with van der Waals surface area (Å²) in [5.74, 6) is 0.834. The van der Waals surface area contributed by atoms with E-state index in [9.17, 15) is 14.9 Å². The summed E-state index contributed by atoms with van der Waals surface area (Å²) in [7, 11) is 1.43. The Bertz CT molecular complexity index is 1790. The molecule has 0 unspecified atom stereocenters. The third-order valence-corrected chi connectivity index (χ3v) is 7.06. The first kappa shape index (κ1) is 26.0. The lowest BCUT2D eigenvalue weighted by atomic mass is 10.2. The number of nitro groups is 1. The molecular formula is C27H17BrClN5O5. The molecule has 2 aromatic heterocycles. The molecule has 0 aliphatic rings. The number of aromatic nitrogens is 3. The Balaban J connectivity index is 1.58. The van der Waals surface area contributed by atoms with E-state index in [1.807, 2.05) is 36.4 Å². The van der Waals surface area contributed by atoms with Gasteiger partial charge >= 0.3 is 0 Å². The van der Waals surface area contributed by atoms with Crippen LogP contribution in [0.2, 0.25) is 5.02 Å². The maximum atomic E-state index is 13.4. The topological polar surface area (TPSA) is 122 Å². The maximum absolute atomic E-state index is 13.4. The van der Waals surface area contributed by atoms with Gasteiger partial charge in [0.1, 0.15) is 11.2 Å². The molecule has 0 atom stereocenters. The number of nitrogens with zero attached hydrogens (tertiary/aromatic N) is 5. The average Bonchev–Trinajstić information content (AvgIpc) is 2.96. The molecule has 0 aliphatic heterocycles. The fourth-order valence-corrected chi connectivity index (χ4v) is 4.35. The lowest BCUT2D eigenvalue weighted by Crippen LogP contribution is -2.20. The number of halogens is 2. The van der Waals surface area contributed by atoms with Crippen LogP contribution in [0.15, 0.2) is 93.4 Å². The molecule has 2 heterocycles. The minimum Gasteiger partial charge on any atom is -0.493 e. The lowest BCUT2D eigenvalue weighted by molar-refractivity contribution is -0.385. The van der Waals surface area contributed by atoms with Crippen LogP contribution >= 0.6 is 27.5 Å². The van der Waals surface area contributed by atoms with Crippen LogP contribution in [0.5, 0.6) is 17.4 Å². The van der Waals surface area contributed by atoms with E-state index in [2.05, 4.69) is 31.0 Å². The van der Waals surface area contributed by atoms with Gasteiger partial charge in [0, 0.05) is 27.7 Å². The van der Waals surface area contributed by atoms with Gasteiger partial charge in [0.2, 0.25) is 5.88 Å². The molecule has 0 fully saturated rings. The molecule has 5 rings (SSSR count). The Hall–Kier alpha value is -4.61. The zero-order valence-corrected chi connectivity index (χ0v) is 22.5. The smallest absolute Gasteiger partial charge is 0.287 e. The van der Waals surface area contributed by atoms with Crippen molar-refractivity contribution in [2.24, 2.45) is 5.10 Å². The summed E-state index contributed by atoms with van der Waals surface area (Å²) in [6.07, 6.45) is 2.53. The van der Waals surface area contributed by atoms with Crippen molar-refractivity contribution in [1.29, 1.82) is 0 Å². The predicted octanol–water partition coefficient (Wildman–Crippen LogP) is 6.47. The number of benzene rings is 3. The first-order valence-electron chi connectivity index (χ1n) is 11.3. The van der Waals surface area contributed by atoms with E-state index in [1.54, 1.807) is 24.3 Å². The highest BCUT2D eigenvalue weighted by Crippen LogP contribution is 2.44. The Kier molecular flexibility index (Phi) is 7.35. The molecule has 0 saturated heterocycles. The highest BCUT2D eigenvalue weighted by atomic mass is 79.9. The SMILES string of the molecule is COc1cc(C=Nn2c(-c3ccccc3)nc3ccccc3c2=O)c(Br)c(Cl)c1Oc1ccc([N+](=O)[O-])cn1. The van der Waals surface area contributed by atoms with Gasteiger partial charge in [-0.3, -0.25) is 14.9 Å². The van der Waals surface area contributed by atoms with Crippen molar-refractivity contribution in [1.82, 2.24) is 14.6 Å². The van der Waals surface area contributed by atoms with Gasteiger partial charge in [0.25, 0.3) is 11.2 Å². The quantitative estimate of drug-likeness (QED) is 0.118. The highest BCUT2D eigenvalue weighted by molar-refractivity contribution is 9.10. The molecule has 0 N–H and O–H groups in total. The third-order valence-electron chi connectivity index (χ3n) is 5.61. The average molecular weight is 607 g/mol. The zero-order valence-electron chi connectivity index (χ0n) is 20.1. The Morgan fingerprint density at radius 3 is 2.54 bits per heavy atom. The van der Waals surface area contributed by atoms with Gasteiger partial charge in [0.05, 0.1) is 29.2 Å². The second kappa shape index (κ2) is 11.0. The summed E-state index contributed by atoms with van der Waals surface area (Å²) >= 11 is 10.1. The van der Waals surface area contributed by atoms with E-state index >= 15 is 0 Å². The number of pyridine rings is 1. The van der Waals surface area contributed by atoms with Gasteiger partial charge in [-0.25, -0.2) is 9.97 Å². The summed E-state index contributed by atoms with van der Waals surface area (Å²) in [5.41, 5.74) is 1.24. The van der Waals surface area contributed by atoms with Crippen molar-refractivity contribution in [2.45, 2.75) is 0 Å². The number of ether oxygens (including phenoxy) is 2. The van der Waals surface area contributed by atoms with Crippen LogP contribution in [0.4, 0.5) is 5.69 Å². The van der Waals surface area contributed by atoms with Crippen molar-refractivity contribution < 1.29 is 14.4 Å². The number of para-hydroxylation sites is 1. The van der Waals surface area contributed by atoms with Crippen LogP contribution in [0.1, 0.15) is 5.56 Å². The molecule has 0 saturated carbocycles. The second-order valence-corrected chi connectivity index (χ2v) is 9.19. The number of methoxy groups -OCH3 is 1.